The van der Waals surface area contributed by atoms with E-state index in [0.29, 0.717) is 38.3 Å². The van der Waals surface area contributed by atoms with Crippen LogP contribution in [-0.4, -0.2) is 50.3 Å². The average Bonchev–Trinajstić information content (AvgIpc) is 2.84. The van der Waals surface area contributed by atoms with Crippen molar-refractivity contribution in [3.8, 4) is 0 Å². The molecule has 2 saturated carbocycles. The van der Waals surface area contributed by atoms with Crippen LogP contribution in [0.25, 0.3) is 0 Å². The molecule has 0 aromatic carbocycles. The van der Waals surface area contributed by atoms with Crippen LogP contribution in [0.5, 0.6) is 0 Å². The molecule has 8 nitrogen and oxygen atoms in total. The maximum absolute atomic E-state index is 12.0. The molecule has 0 bridgehead atoms. The summed E-state index contributed by atoms with van der Waals surface area (Å²) >= 11 is 0. The van der Waals surface area contributed by atoms with E-state index < -0.39 is 23.9 Å². The van der Waals surface area contributed by atoms with Crippen LogP contribution in [0.4, 0.5) is 0 Å². The Morgan fingerprint density at radius 1 is 0.545 bits per heavy atom. The summed E-state index contributed by atoms with van der Waals surface area (Å²) < 4.78 is 20.7. The highest BCUT2D eigenvalue weighted by atomic mass is 16.6. The third kappa shape index (κ3) is 10.7. The Labute approximate surface area is 195 Å². The Morgan fingerprint density at radius 2 is 0.818 bits per heavy atom. The van der Waals surface area contributed by atoms with E-state index in [2.05, 4.69) is 13.2 Å². The minimum absolute atomic E-state index is 0.261. The van der Waals surface area contributed by atoms with Gasteiger partial charge in [-0.25, -0.2) is 9.59 Å². The summed E-state index contributed by atoms with van der Waals surface area (Å²) in [6.07, 6.45) is 9.15. The van der Waals surface area contributed by atoms with Crippen LogP contribution in [0, 0.1) is 23.7 Å². The molecule has 8 heteroatoms. The van der Waals surface area contributed by atoms with Crippen LogP contribution in [0.1, 0.15) is 57.8 Å². The highest BCUT2D eigenvalue weighted by Gasteiger charge is 2.25. The van der Waals surface area contributed by atoms with Gasteiger partial charge in [0.1, 0.15) is 6.42 Å². The van der Waals surface area contributed by atoms with Crippen LogP contribution >= 0.6 is 0 Å². The van der Waals surface area contributed by atoms with Gasteiger partial charge in [-0.15, -0.1) is 0 Å². The number of rotatable bonds is 12. The van der Waals surface area contributed by atoms with E-state index in [1.807, 2.05) is 0 Å². The van der Waals surface area contributed by atoms with E-state index in [1.54, 1.807) is 0 Å². The molecule has 2 fully saturated rings. The number of carbonyl (C=O) groups is 4. The molecule has 0 aromatic rings. The lowest BCUT2D eigenvalue weighted by Crippen LogP contribution is -2.25. The van der Waals surface area contributed by atoms with Crippen LogP contribution in [0.2, 0.25) is 0 Å². The molecule has 0 unspecified atom stereocenters. The second-order valence-corrected chi connectivity index (χ2v) is 8.98. The first-order valence-corrected chi connectivity index (χ1v) is 11.8. The smallest absolute Gasteiger partial charge is 0.330 e. The van der Waals surface area contributed by atoms with Crippen molar-refractivity contribution in [2.45, 2.75) is 57.8 Å². The molecule has 0 saturated heterocycles. The first-order chi connectivity index (χ1) is 15.9. The predicted octanol–water partition coefficient (Wildman–Crippen LogP) is 3.53. The fourth-order valence-electron chi connectivity index (χ4n) is 4.29. The van der Waals surface area contributed by atoms with Crippen LogP contribution in [0.15, 0.2) is 25.3 Å². The van der Waals surface area contributed by atoms with Crippen LogP contribution in [0.3, 0.4) is 0 Å². The summed E-state index contributed by atoms with van der Waals surface area (Å²) in [5, 5.41) is 0. The quantitative estimate of drug-likeness (QED) is 0.187. The standard InChI is InChI=1S/C25H36O8/c1-3-22(26)30-14-18-5-9-20(10-6-18)16-32-24(28)13-25(29)33-17-21-11-7-19(8-12-21)15-31-23(27)4-2/h3-4,18-21H,1-2,5-17H2. The third-order valence-corrected chi connectivity index (χ3v) is 6.44. The second-order valence-electron chi connectivity index (χ2n) is 8.98. The Hall–Kier alpha value is -2.64. The third-order valence-electron chi connectivity index (χ3n) is 6.44. The first kappa shape index (κ1) is 26.6. The maximum Gasteiger partial charge on any atom is 0.330 e. The molecule has 2 aliphatic carbocycles. The zero-order valence-corrected chi connectivity index (χ0v) is 19.3. The molecule has 184 valence electrons. The second kappa shape index (κ2) is 14.5. The van der Waals surface area contributed by atoms with Crippen molar-refractivity contribution < 1.29 is 38.1 Å². The molecule has 0 aliphatic heterocycles. The molecule has 2 aliphatic rings. The Bertz CT molecular complexity index is 627. The van der Waals surface area contributed by atoms with Gasteiger partial charge < -0.3 is 18.9 Å². The van der Waals surface area contributed by atoms with Crippen molar-refractivity contribution in [3.63, 3.8) is 0 Å². The van der Waals surface area contributed by atoms with Gasteiger partial charge in [-0.05, 0) is 75.0 Å². The lowest BCUT2D eigenvalue weighted by Gasteiger charge is -2.28. The summed E-state index contributed by atoms with van der Waals surface area (Å²) in [5.74, 6) is -0.755. The van der Waals surface area contributed by atoms with Gasteiger partial charge in [-0.2, -0.15) is 0 Å². The highest BCUT2D eigenvalue weighted by Crippen LogP contribution is 2.30. The average molecular weight is 465 g/mol. The SMILES string of the molecule is C=CC(=O)OCC1CCC(COC(=O)CC(=O)OCC2CCC(COC(=O)C=C)CC2)CC1. The molecule has 0 N–H and O–H groups in total. The molecule has 33 heavy (non-hydrogen) atoms. The van der Waals surface area contributed by atoms with Crippen molar-refractivity contribution >= 4 is 23.9 Å². The Kier molecular flexibility index (Phi) is 11.7. The van der Waals surface area contributed by atoms with Gasteiger partial charge in [-0.3, -0.25) is 9.59 Å². The van der Waals surface area contributed by atoms with E-state index >= 15 is 0 Å². The molecular weight excluding hydrogens is 428 g/mol. The monoisotopic (exact) mass is 464 g/mol. The van der Waals surface area contributed by atoms with E-state index in [1.165, 1.54) is 0 Å². The lowest BCUT2D eigenvalue weighted by molar-refractivity contribution is -0.157. The number of hydrogen-bond donors (Lipinski definition) is 0. The van der Waals surface area contributed by atoms with Crippen molar-refractivity contribution in [1.82, 2.24) is 0 Å². The fraction of sp³-hybridized carbons (Fsp3) is 0.680. The van der Waals surface area contributed by atoms with E-state index in [4.69, 9.17) is 18.9 Å². The van der Waals surface area contributed by atoms with Crippen molar-refractivity contribution in [1.29, 1.82) is 0 Å². The predicted molar refractivity (Wildman–Crippen MR) is 120 cm³/mol. The largest absolute Gasteiger partial charge is 0.465 e. The molecule has 0 atom stereocenters. The van der Waals surface area contributed by atoms with Crippen molar-refractivity contribution in [3.05, 3.63) is 25.3 Å². The van der Waals surface area contributed by atoms with Gasteiger partial charge >= 0.3 is 23.9 Å². The highest BCUT2D eigenvalue weighted by molar-refractivity contribution is 5.91. The topological polar surface area (TPSA) is 105 Å². The minimum atomic E-state index is -0.560. The number of esters is 4. The van der Waals surface area contributed by atoms with E-state index in [-0.39, 0.29) is 18.3 Å². The summed E-state index contributed by atoms with van der Waals surface area (Å²) in [5.41, 5.74) is 0. The number of hydrogen-bond acceptors (Lipinski definition) is 8. The zero-order valence-electron chi connectivity index (χ0n) is 19.3. The molecule has 0 amide bonds. The van der Waals surface area contributed by atoms with Crippen LogP contribution < -0.4 is 0 Å². The number of ether oxygens (including phenoxy) is 4. The van der Waals surface area contributed by atoms with Crippen molar-refractivity contribution in [2.24, 2.45) is 23.7 Å². The molecule has 0 radical (unpaired) electrons. The normalized spacial score (nSPS) is 24.7. The van der Waals surface area contributed by atoms with Gasteiger partial charge in [0.25, 0.3) is 0 Å². The van der Waals surface area contributed by atoms with Gasteiger partial charge in [0.2, 0.25) is 0 Å². The van der Waals surface area contributed by atoms with Gasteiger partial charge in [-0.1, -0.05) is 13.2 Å². The maximum atomic E-state index is 12.0. The van der Waals surface area contributed by atoms with Crippen LogP contribution in [-0.2, 0) is 38.1 Å². The molecule has 0 spiro atoms. The summed E-state index contributed by atoms with van der Waals surface area (Å²) in [6.45, 7) is 8.14. The Balaban J connectivity index is 1.52. The lowest BCUT2D eigenvalue weighted by atomic mass is 9.83. The number of carbonyl (C=O) groups excluding carboxylic acids is 4. The fourth-order valence-corrected chi connectivity index (χ4v) is 4.29. The van der Waals surface area contributed by atoms with E-state index in [0.717, 1.165) is 63.5 Å². The minimum Gasteiger partial charge on any atom is -0.465 e. The summed E-state index contributed by atoms with van der Waals surface area (Å²) in [7, 11) is 0. The summed E-state index contributed by atoms with van der Waals surface area (Å²) in [6, 6.07) is 0. The first-order valence-electron chi connectivity index (χ1n) is 11.8. The summed E-state index contributed by atoms with van der Waals surface area (Å²) in [4.78, 5) is 46.2. The van der Waals surface area contributed by atoms with Crippen molar-refractivity contribution in [2.75, 3.05) is 26.4 Å². The Morgan fingerprint density at radius 3 is 1.09 bits per heavy atom. The molecule has 2 rings (SSSR count). The van der Waals surface area contributed by atoms with E-state index in [9.17, 15) is 19.2 Å². The molecule has 0 heterocycles. The van der Waals surface area contributed by atoms with Gasteiger partial charge in [0, 0.05) is 12.2 Å². The molecule has 0 aromatic heterocycles. The molecular formula is C25H36O8. The van der Waals surface area contributed by atoms with Gasteiger partial charge in [0.15, 0.2) is 0 Å². The zero-order chi connectivity index (χ0) is 24.1. The van der Waals surface area contributed by atoms with Gasteiger partial charge in [0.05, 0.1) is 26.4 Å².